The number of carbonyl (C=O) groups is 2. The van der Waals surface area contributed by atoms with Crippen LogP contribution in [0.4, 0.5) is 0 Å². The van der Waals surface area contributed by atoms with Crippen LogP contribution in [0.15, 0.2) is 28.9 Å². The number of carbonyl (C=O) groups excluding carboxylic acids is 2. The van der Waals surface area contributed by atoms with Gasteiger partial charge in [0.05, 0.1) is 12.7 Å². The zero-order valence-electron chi connectivity index (χ0n) is 15.7. The zero-order valence-corrected chi connectivity index (χ0v) is 15.7. The Morgan fingerprint density at radius 2 is 2.08 bits per heavy atom. The lowest BCUT2D eigenvalue weighted by Crippen LogP contribution is -2.45. The molecule has 1 heterocycles. The van der Waals surface area contributed by atoms with Gasteiger partial charge in [0.25, 0.3) is 5.91 Å². The summed E-state index contributed by atoms with van der Waals surface area (Å²) in [4.78, 5) is 24.2. The molecule has 0 unspecified atom stereocenters. The molecule has 3 rings (SSSR count). The van der Waals surface area contributed by atoms with Gasteiger partial charge in [-0.15, -0.1) is 0 Å². The van der Waals surface area contributed by atoms with Crippen molar-refractivity contribution in [3.63, 3.8) is 0 Å². The predicted octanol–water partition coefficient (Wildman–Crippen LogP) is 3.77. The number of ether oxygens (including phenoxy) is 1. The molecule has 3 atom stereocenters. The van der Waals surface area contributed by atoms with E-state index in [1.807, 2.05) is 25.1 Å². The third-order valence-electron chi connectivity index (χ3n) is 5.56. The lowest BCUT2D eigenvalue weighted by Gasteiger charge is -2.34. The summed E-state index contributed by atoms with van der Waals surface area (Å²) in [6.45, 7) is 6.15. The van der Waals surface area contributed by atoms with E-state index in [2.05, 4.69) is 19.2 Å². The highest BCUT2D eigenvalue weighted by Crippen LogP contribution is 2.29. The highest BCUT2D eigenvalue weighted by molar-refractivity contribution is 5.87. The van der Waals surface area contributed by atoms with Crippen LogP contribution < -0.4 is 5.32 Å². The Morgan fingerprint density at radius 3 is 2.88 bits per heavy atom. The molecule has 1 aliphatic rings. The van der Waals surface area contributed by atoms with Crippen LogP contribution in [-0.2, 0) is 20.7 Å². The normalized spacial score (nSPS) is 23.0. The van der Waals surface area contributed by atoms with Gasteiger partial charge in [-0.05, 0) is 36.8 Å². The van der Waals surface area contributed by atoms with Gasteiger partial charge < -0.3 is 14.5 Å². The molecule has 0 radical (unpaired) electrons. The van der Waals surface area contributed by atoms with Crippen LogP contribution in [-0.4, -0.2) is 24.5 Å². The molecule has 26 heavy (non-hydrogen) atoms. The monoisotopic (exact) mass is 357 g/mol. The van der Waals surface area contributed by atoms with Gasteiger partial charge >= 0.3 is 5.97 Å². The number of aryl methyl sites for hydroxylation is 1. The Labute approximate surface area is 154 Å². The maximum atomic E-state index is 12.1. The first-order valence-electron chi connectivity index (χ1n) is 9.35. The van der Waals surface area contributed by atoms with Crippen LogP contribution in [0.1, 0.15) is 44.2 Å². The molecule has 0 aliphatic heterocycles. The molecule has 5 nitrogen and oxygen atoms in total. The summed E-state index contributed by atoms with van der Waals surface area (Å²) in [5, 5.41) is 3.92. The van der Waals surface area contributed by atoms with Gasteiger partial charge in [0, 0.05) is 17.0 Å². The van der Waals surface area contributed by atoms with E-state index < -0.39 is 5.97 Å². The third kappa shape index (κ3) is 4.26. The van der Waals surface area contributed by atoms with Crippen molar-refractivity contribution in [1.29, 1.82) is 0 Å². The number of rotatable bonds is 5. The molecule has 1 aliphatic carbocycles. The highest BCUT2D eigenvalue weighted by atomic mass is 16.5. The highest BCUT2D eigenvalue weighted by Gasteiger charge is 2.28. The van der Waals surface area contributed by atoms with E-state index in [0.717, 1.165) is 34.9 Å². The summed E-state index contributed by atoms with van der Waals surface area (Å²) >= 11 is 0. The first-order valence-corrected chi connectivity index (χ1v) is 9.35. The third-order valence-corrected chi connectivity index (χ3v) is 5.56. The van der Waals surface area contributed by atoms with Crippen molar-refractivity contribution in [3.05, 3.63) is 35.6 Å². The largest absolute Gasteiger partial charge is 0.464 e. The van der Waals surface area contributed by atoms with E-state index in [1.54, 1.807) is 6.26 Å². The van der Waals surface area contributed by atoms with Crippen LogP contribution in [0.2, 0.25) is 0 Å². The second kappa shape index (κ2) is 7.94. The first kappa shape index (κ1) is 18.5. The van der Waals surface area contributed by atoms with Crippen LogP contribution in [0.5, 0.6) is 0 Å². The van der Waals surface area contributed by atoms with Crippen molar-refractivity contribution >= 4 is 22.8 Å². The molecule has 1 aromatic carbocycles. The fraction of sp³-hybridized carbons (Fsp3) is 0.524. The van der Waals surface area contributed by atoms with Gasteiger partial charge in [0.1, 0.15) is 5.58 Å². The Hall–Kier alpha value is -2.30. The Bertz CT molecular complexity index is 794. The minimum absolute atomic E-state index is 0.0974. The number of benzene rings is 1. The minimum atomic E-state index is -0.423. The minimum Gasteiger partial charge on any atom is -0.464 e. The van der Waals surface area contributed by atoms with Crippen molar-refractivity contribution in [2.45, 2.75) is 52.5 Å². The van der Waals surface area contributed by atoms with E-state index in [0.29, 0.717) is 11.8 Å². The van der Waals surface area contributed by atoms with Crippen molar-refractivity contribution in [2.24, 2.45) is 11.8 Å². The van der Waals surface area contributed by atoms with Crippen LogP contribution >= 0.6 is 0 Å². The smallest absolute Gasteiger partial charge is 0.310 e. The second-order valence-corrected chi connectivity index (χ2v) is 7.54. The summed E-state index contributed by atoms with van der Waals surface area (Å²) in [5.74, 6) is 0.407. The van der Waals surface area contributed by atoms with Crippen molar-refractivity contribution in [2.75, 3.05) is 6.61 Å². The number of nitrogens with one attached hydrogen (secondary N) is 1. The molecular formula is C21H27NO4. The van der Waals surface area contributed by atoms with Crippen molar-refractivity contribution in [3.8, 4) is 0 Å². The summed E-state index contributed by atoms with van der Waals surface area (Å²) < 4.78 is 10.7. The van der Waals surface area contributed by atoms with Gasteiger partial charge in [0.2, 0.25) is 0 Å². The number of amides is 1. The van der Waals surface area contributed by atoms with Crippen LogP contribution in [0, 0.1) is 18.8 Å². The second-order valence-electron chi connectivity index (χ2n) is 7.54. The quantitative estimate of drug-likeness (QED) is 0.827. The summed E-state index contributed by atoms with van der Waals surface area (Å²) in [5.41, 5.74) is 2.63. The Morgan fingerprint density at radius 1 is 1.27 bits per heavy atom. The standard InChI is InChI=1S/C21H27NO4/c1-13-7-8-17-16(11-25-19(17)9-13)10-21(24)26-12-20(23)22-18-6-4-5-14(2)15(18)3/h7-9,11,14-15,18H,4-6,10,12H2,1-3H3,(H,22,23)/t14-,15-,18+/m0/s1. The fourth-order valence-electron chi connectivity index (χ4n) is 3.71. The maximum absolute atomic E-state index is 12.1. The number of hydrogen-bond acceptors (Lipinski definition) is 4. The maximum Gasteiger partial charge on any atom is 0.310 e. The molecule has 0 saturated heterocycles. The fourth-order valence-corrected chi connectivity index (χ4v) is 3.71. The first-order chi connectivity index (χ1) is 12.4. The van der Waals surface area contributed by atoms with Gasteiger partial charge in [-0.2, -0.15) is 0 Å². The van der Waals surface area contributed by atoms with E-state index in [-0.39, 0.29) is 25.0 Å². The summed E-state index contributed by atoms with van der Waals surface area (Å²) in [6, 6.07) is 6.02. The molecule has 1 fully saturated rings. The molecule has 1 amide bonds. The van der Waals surface area contributed by atoms with Gasteiger partial charge in [-0.3, -0.25) is 9.59 Å². The summed E-state index contributed by atoms with van der Waals surface area (Å²) in [7, 11) is 0. The molecule has 140 valence electrons. The molecule has 0 bridgehead atoms. The molecule has 5 heteroatoms. The van der Waals surface area contributed by atoms with Gasteiger partial charge in [-0.25, -0.2) is 0 Å². The summed E-state index contributed by atoms with van der Waals surface area (Å²) in [6.07, 6.45) is 5.01. The lowest BCUT2D eigenvalue weighted by molar-refractivity contribution is -0.148. The van der Waals surface area contributed by atoms with Crippen LogP contribution in [0.25, 0.3) is 11.0 Å². The van der Waals surface area contributed by atoms with E-state index >= 15 is 0 Å². The van der Waals surface area contributed by atoms with Crippen molar-refractivity contribution in [1.82, 2.24) is 5.32 Å². The van der Waals surface area contributed by atoms with E-state index in [4.69, 9.17) is 9.15 Å². The van der Waals surface area contributed by atoms with E-state index in [1.165, 1.54) is 6.42 Å². The number of esters is 1. The SMILES string of the molecule is Cc1ccc2c(CC(=O)OCC(=O)N[C@@H]3CCC[C@H](C)[C@@H]3C)coc2c1. The Kier molecular flexibility index (Phi) is 5.64. The predicted molar refractivity (Wildman–Crippen MR) is 99.7 cm³/mol. The number of furan rings is 1. The van der Waals surface area contributed by atoms with Gasteiger partial charge in [-0.1, -0.05) is 38.8 Å². The van der Waals surface area contributed by atoms with Crippen LogP contribution in [0.3, 0.4) is 0 Å². The number of fused-ring (bicyclic) bond motifs is 1. The average Bonchev–Trinajstić information content (AvgIpc) is 2.99. The molecule has 0 spiro atoms. The zero-order chi connectivity index (χ0) is 18.7. The number of hydrogen-bond donors (Lipinski definition) is 1. The van der Waals surface area contributed by atoms with Gasteiger partial charge in [0.15, 0.2) is 6.61 Å². The average molecular weight is 357 g/mol. The van der Waals surface area contributed by atoms with E-state index in [9.17, 15) is 9.59 Å². The molecular weight excluding hydrogens is 330 g/mol. The molecule has 2 aromatic rings. The lowest BCUT2D eigenvalue weighted by atomic mass is 9.78. The topological polar surface area (TPSA) is 68.5 Å². The molecule has 1 saturated carbocycles. The molecule has 1 aromatic heterocycles. The Balaban J connectivity index is 1.49. The molecule has 1 N–H and O–H groups in total. The van der Waals surface area contributed by atoms with Crippen molar-refractivity contribution < 1.29 is 18.7 Å².